The largest absolute Gasteiger partial charge is 0.490 e. The molecule has 2 aliphatic heterocycles. The molecule has 4 aliphatic carbocycles. The molecule has 12 rings (SSSR count). The molecule has 3 aromatic carbocycles. The summed E-state index contributed by atoms with van der Waals surface area (Å²) in [6.07, 6.45) is 11.3. The summed E-state index contributed by atoms with van der Waals surface area (Å²) in [6, 6.07) is 22.2. The number of pyridine rings is 1. The van der Waals surface area contributed by atoms with Gasteiger partial charge in [0, 0.05) is 73.3 Å². The van der Waals surface area contributed by atoms with E-state index in [2.05, 4.69) is 40.1 Å². The Balaban J connectivity index is 0.650. The second kappa shape index (κ2) is 26.1. The Bertz CT molecular complexity index is 3790. The number of nitrogens with zero attached hydrogens (tertiary/aromatic N) is 7. The van der Waals surface area contributed by atoms with E-state index in [-0.39, 0.29) is 77.7 Å². The molecule has 23 nitrogen and oxygen atoms in total. The number of carboxylic acids is 1. The lowest BCUT2D eigenvalue weighted by atomic mass is 9.39. The van der Waals surface area contributed by atoms with E-state index in [4.69, 9.17) is 24.3 Å². The molecule has 0 spiro atoms. The van der Waals surface area contributed by atoms with Crippen molar-refractivity contribution in [2.75, 3.05) is 62.0 Å². The Morgan fingerprint density at radius 3 is 2.31 bits per heavy atom. The lowest BCUT2D eigenvalue weighted by Crippen LogP contribution is -2.64. The number of para-hydroxylation sites is 1. The third-order valence-electron chi connectivity index (χ3n) is 18.1. The number of carbonyl (C=O) groups excluding carboxylic acids is 7. The average molecular weight is 1260 g/mol. The number of ether oxygens (including phenoxy) is 3. The smallest absolute Gasteiger partial charge is 0.409 e. The van der Waals surface area contributed by atoms with Gasteiger partial charge in [-0.3, -0.25) is 43.8 Å². The lowest BCUT2D eigenvalue weighted by Gasteiger charge is -2.69. The fourth-order valence-electron chi connectivity index (χ4n) is 15.1. The first-order valence-electron chi connectivity index (χ1n) is 31.0. The fraction of sp³-hybridized carbons (Fsp3) is 0.448. The van der Waals surface area contributed by atoms with Crippen molar-refractivity contribution in [3.8, 4) is 28.1 Å². The molecule has 3 atom stereocenters. The van der Waals surface area contributed by atoms with Gasteiger partial charge in [0.05, 0.1) is 53.1 Å². The number of nitrogens with one attached hydrogen (secondary N) is 4. The minimum atomic E-state index is -1.18. The molecule has 3 unspecified atom stereocenters. The molecule has 6 aliphatic rings. The predicted molar refractivity (Wildman–Crippen MR) is 341 cm³/mol. The number of hydrogen-bond donors (Lipinski definition) is 5. The molecule has 6 aromatic rings. The topological polar surface area (TPSA) is 286 Å². The number of aromatic carboxylic acids is 1. The van der Waals surface area contributed by atoms with Gasteiger partial charge >= 0.3 is 18.1 Å². The molecule has 478 valence electrons. The second-order valence-electron chi connectivity index (χ2n) is 26.2. The highest BCUT2D eigenvalue weighted by Gasteiger charge is 2.66. The first-order chi connectivity index (χ1) is 43.5. The summed E-state index contributed by atoms with van der Waals surface area (Å²) in [7, 11) is 1.68. The molecule has 0 saturated heterocycles. The Kier molecular flexibility index (Phi) is 18.2. The number of rotatable bonds is 24. The van der Waals surface area contributed by atoms with E-state index in [1.807, 2.05) is 41.9 Å². The van der Waals surface area contributed by atoms with Gasteiger partial charge in [-0.2, -0.15) is 5.10 Å². The summed E-state index contributed by atoms with van der Waals surface area (Å²) < 4.78 is 21.6. The van der Waals surface area contributed by atoms with Crippen LogP contribution in [-0.2, 0) is 46.6 Å². The van der Waals surface area contributed by atoms with Crippen LogP contribution in [0.4, 0.5) is 26.1 Å². The van der Waals surface area contributed by atoms with Gasteiger partial charge in [0.1, 0.15) is 25.0 Å². The summed E-state index contributed by atoms with van der Waals surface area (Å²) in [5, 5.41) is 27.1. The lowest BCUT2D eigenvalue weighted by molar-refractivity contribution is -0.248. The van der Waals surface area contributed by atoms with Crippen molar-refractivity contribution in [1.29, 1.82) is 0 Å². The number of aromatic nitrogens is 4. The van der Waals surface area contributed by atoms with Crippen molar-refractivity contribution in [3.63, 3.8) is 0 Å². The SMILES string of the molecule is Cc1c(-c2ccc(-c3ccc4c(c3)N(C(=O)Nc3nc5ccccc5s3)CCO4)nc2C(=O)O)cnn1CC12CC3(C)CC(C)(C1)CC(OCCN(C)C(=O)OCc1ccc(NC(=O)CNC(=O)C(NC(=O)CCCCCN4C(=O)C=CC4=O)C(C)C)cc1)(C3)C2. The zero-order valence-corrected chi connectivity index (χ0v) is 52.9. The molecule has 0 radical (unpaired) electrons. The van der Waals surface area contributed by atoms with Crippen LogP contribution in [0.25, 0.3) is 32.6 Å². The molecular weight excluding hydrogens is 1180 g/mol. The van der Waals surface area contributed by atoms with E-state index in [0.29, 0.717) is 102 Å². The minimum absolute atomic E-state index is 0.00716. The third kappa shape index (κ3) is 14.3. The summed E-state index contributed by atoms with van der Waals surface area (Å²) >= 11 is 1.39. The first-order valence-corrected chi connectivity index (χ1v) is 31.8. The summed E-state index contributed by atoms with van der Waals surface area (Å²) in [5.41, 5.74) is 4.83. The zero-order valence-electron chi connectivity index (χ0n) is 52.1. The molecule has 4 bridgehead atoms. The van der Waals surface area contributed by atoms with E-state index in [1.165, 1.54) is 28.4 Å². The molecule has 91 heavy (non-hydrogen) atoms. The molecular formula is C67H77N11O12S. The van der Waals surface area contributed by atoms with Gasteiger partial charge in [-0.25, -0.2) is 24.4 Å². The molecule has 4 fully saturated rings. The van der Waals surface area contributed by atoms with Gasteiger partial charge < -0.3 is 40.2 Å². The van der Waals surface area contributed by atoms with Crippen LogP contribution in [0.3, 0.4) is 0 Å². The number of unbranched alkanes of at least 4 members (excludes halogenated alkanes) is 2. The number of anilines is 3. The van der Waals surface area contributed by atoms with Crippen molar-refractivity contribution in [3.05, 3.63) is 114 Å². The third-order valence-corrected chi connectivity index (χ3v) is 19.1. The zero-order chi connectivity index (χ0) is 64.4. The van der Waals surface area contributed by atoms with Gasteiger partial charge in [-0.05, 0) is 141 Å². The number of fused-ring (bicyclic) bond motifs is 2. The minimum Gasteiger partial charge on any atom is -0.490 e. The van der Waals surface area contributed by atoms with Crippen LogP contribution in [0.2, 0.25) is 0 Å². The maximum Gasteiger partial charge on any atom is 0.409 e. The van der Waals surface area contributed by atoms with Crippen molar-refractivity contribution in [2.45, 2.75) is 124 Å². The number of carbonyl (C=O) groups is 8. The van der Waals surface area contributed by atoms with Crippen LogP contribution in [0.15, 0.2) is 97.2 Å². The van der Waals surface area contributed by atoms with Crippen LogP contribution in [0, 0.1) is 29.1 Å². The Morgan fingerprint density at radius 2 is 1.58 bits per heavy atom. The maximum atomic E-state index is 13.7. The van der Waals surface area contributed by atoms with Gasteiger partial charge in [-0.1, -0.05) is 69.7 Å². The monoisotopic (exact) mass is 1260 g/mol. The number of carboxylic acid groups (broad SMARTS) is 1. The molecule has 24 heteroatoms. The van der Waals surface area contributed by atoms with E-state index < -0.39 is 35.5 Å². The predicted octanol–water partition coefficient (Wildman–Crippen LogP) is 9.74. The van der Waals surface area contributed by atoms with Crippen LogP contribution >= 0.6 is 11.3 Å². The number of benzene rings is 3. The molecule has 3 aromatic heterocycles. The van der Waals surface area contributed by atoms with Crippen LogP contribution in [0.5, 0.6) is 5.75 Å². The second-order valence-corrected chi connectivity index (χ2v) is 27.2. The molecule has 4 saturated carbocycles. The summed E-state index contributed by atoms with van der Waals surface area (Å²) in [6.45, 7) is 12.1. The van der Waals surface area contributed by atoms with E-state index in [9.17, 15) is 43.5 Å². The highest BCUT2D eigenvalue weighted by molar-refractivity contribution is 7.22. The number of imide groups is 1. The highest BCUT2D eigenvalue weighted by atomic mass is 32.1. The average Bonchev–Trinajstić information content (AvgIpc) is 1.10. The van der Waals surface area contributed by atoms with E-state index in [1.54, 1.807) is 80.5 Å². The Hall–Kier alpha value is -9.03. The Labute approximate surface area is 531 Å². The number of urea groups is 1. The quantitative estimate of drug-likeness (QED) is 0.0278. The van der Waals surface area contributed by atoms with Crippen molar-refractivity contribution < 1.29 is 57.7 Å². The number of thiazole rings is 1. The Morgan fingerprint density at radius 1 is 0.835 bits per heavy atom. The first kappa shape index (κ1) is 63.5. The molecule has 5 heterocycles. The van der Waals surface area contributed by atoms with Crippen LogP contribution < -0.4 is 30.9 Å². The fourth-order valence-corrected chi connectivity index (χ4v) is 15.9. The molecule has 5 N–H and O–H groups in total. The van der Waals surface area contributed by atoms with E-state index >= 15 is 0 Å². The summed E-state index contributed by atoms with van der Waals surface area (Å²) in [5.74, 6) is -2.88. The van der Waals surface area contributed by atoms with Crippen molar-refractivity contribution in [1.82, 2.24) is 40.2 Å². The van der Waals surface area contributed by atoms with Gasteiger partial charge in [-0.15, -0.1) is 0 Å². The van der Waals surface area contributed by atoms with Crippen LogP contribution in [-0.4, -0.2) is 140 Å². The summed E-state index contributed by atoms with van der Waals surface area (Å²) in [4.78, 5) is 116. The van der Waals surface area contributed by atoms with Crippen LogP contribution in [0.1, 0.15) is 114 Å². The van der Waals surface area contributed by atoms with Gasteiger partial charge in [0.2, 0.25) is 17.7 Å². The molecule has 8 amide bonds. The number of hydrogen-bond acceptors (Lipinski definition) is 15. The highest BCUT2D eigenvalue weighted by Crippen LogP contribution is 2.72. The van der Waals surface area contributed by atoms with Gasteiger partial charge in [0.15, 0.2) is 10.8 Å². The number of amides is 8. The maximum absolute atomic E-state index is 13.7. The normalized spacial score (nSPS) is 21.6. The number of likely N-dealkylation sites (N-methyl/N-ethyl adjacent to an activating group) is 1. The van der Waals surface area contributed by atoms with Crippen molar-refractivity contribution in [2.24, 2.45) is 22.2 Å². The van der Waals surface area contributed by atoms with Crippen molar-refractivity contribution >= 4 is 85.7 Å². The van der Waals surface area contributed by atoms with Gasteiger partial charge in [0.25, 0.3) is 11.8 Å². The van der Waals surface area contributed by atoms with E-state index in [0.717, 1.165) is 59.3 Å². The standard InChI is InChI=1S/C67H77N11O12S/c1-41(2)57(73-53(79)14-8-7-11-25-77-55(81)23-24-56(77)82)59(83)68-32-54(80)70-45-18-15-43(16-19-45)33-89-63(87)75(6)26-29-90-67-37-64(4)34-65(5,38-67)36-66(35-64,39-67)40-78-42(3)47(31-69-78)46-20-21-48(71-58(46)60(84)85)44-17-22-51-50(30-44)76(27-28-88-51)62(86)74-61-72-49-12-9-10-13-52(49)91-61/h9-10,12-13,15-24,30-31,41,57H,7-8,11,14,25-29,32-40H2,1-6H3,(H,68,83)(H,70,80)(H,73,79)(H,84,85)(H,72,74,86).